The zero-order valence-corrected chi connectivity index (χ0v) is 10.2. The van der Waals surface area contributed by atoms with Gasteiger partial charge in [-0.2, -0.15) is 0 Å². The third-order valence-electron chi connectivity index (χ3n) is 2.51. The second-order valence-electron chi connectivity index (χ2n) is 3.89. The summed E-state index contributed by atoms with van der Waals surface area (Å²) in [4.78, 5) is 11.9. The number of aromatic hydroxyl groups is 2. The van der Waals surface area contributed by atoms with E-state index < -0.39 is 5.91 Å². The largest absolute Gasteiger partial charge is 0.508 e. The van der Waals surface area contributed by atoms with E-state index in [0.717, 1.165) is 0 Å². The second kappa shape index (κ2) is 6.83. The van der Waals surface area contributed by atoms with E-state index in [2.05, 4.69) is 5.32 Å². The van der Waals surface area contributed by atoms with Crippen molar-refractivity contribution < 1.29 is 19.7 Å². The van der Waals surface area contributed by atoms with Crippen molar-refractivity contribution in [3.8, 4) is 11.5 Å². The van der Waals surface area contributed by atoms with Crippen LogP contribution >= 0.6 is 0 Å². The number of nitrogens with two attached hydrogens (primary N) is 1. The number of carbonyl (C=O) groups excluding carboxylic acids is 1. The van der Waals surface area contributed by atoms with Gasteiger partial charge in [0.25, 0.3) is 5.91 Å². The van der Waals surface area contributed by atoms with Crippen molar-refractivity contribution in [2.45, 2.75) is 12.5 Å². The standard InChI is InChI=1S/C12H18N2O4/c1-18-5-4-8(7-13)14-12(17)10-6-9(15)2-3-11(10)16/h2-3,6,8,15-16H,4-5,7,13H2,1H3,(H,14,17). The second-order valence-corrected chi connectivity index (χ2v) is 3.89. The monoisotopic (exact) mass is 254 g/mol. The molecule has 1 unspecified atom stereocenters. The molecule has 1 aromatic carbocycles. The first kappa shape index (κ1) is 14.3. The molecule has 0 aliphatic carbocycles. The van der Waals surface area contributed by atoms with Crippen LogP contribution in [0.1, 0.15) is 16.8 Å². The maximum atomic E-state index is 11.9. The molecule has 0 bridgehead atoms. The Balaban J connectivity index is 2.71. The molecule has 1 atom stereocenters. The Labute approximate surface area is 105 Å². The molecule has 5 N–H and O–H groups in total. The molecule has 0 spiro atoms. The van der Waals surface area contributed by atoms with E-state index in [9.17, 15) is 15.0 Å². The molecule has 0 aromatic heterocycles. The predicted octanol–water partition coefficient (Wildman–Crippen LogP) is 0.191. The molecule has 100 valence electrons. The summed E-state index contributed by atoms with van der Waals surface area (Å²) in [5.41, 5.74) is 5.55. The van der Waals surface area contributed by atoms with Crippen LogP contribution in [0, 0.1) is 0 Å². The van der Waals surface area contributed by atoms with E-state index in [-0.39, 0.29) is 29.6 Å². The van der Waals surface area contributed by atoms with Gasteiger partial charge in [-0.05, 0) is 24.6 Å². The number of hydrogen-bond acceptors (Lipinski definition) is 5. The number of hydrogen-bond donors (Lipinski definition) is 4. The van der Waals surface area contributed by atoms with Crippen LogP contribution in [0.25, 0.3) is 0 Å². The summed E-state index contributed by atoms with van der Waals surface area (Å²) in [6.07, 6.45) is 0.582. The van der Waals surface area contributed by atoms with E-state index in [0.29, 0.717) is 13.0 Å². The van der Waals surface area contributed by atoms with Crippen molar-refractivity contribution in [3.63, 3.8) is 0 Å². The number of rotatable bonds is 6. The first-order valence-corrected chi connectivity index (χ1v) is 5.60. The Kier molecular flexibility index (Phi) is 5.41. The van der Waals surface area contributed by atoms with Crippen molar-refractivity contribution in [3.05, 3.63) is 23.8 Å². The minimum Gasteiger partial charge on any atom is -0.508 e. The van der Waals surface area contributed by atoms with Gasteiger partial charge < -0.3 is 26.0 Å². The van der Waals surface area contributed by atoms with Crippen LogP contribution in [0.15, 0.2) is 18.2 Å². The zero-order chi connectivity index (χ0) is 13.5. The van der Waals surface area contributed by atoms with E-state index in [1.807, 2.05) is 0 Å². The molecule has 0 saturated carbocycles. The first-order chi connectivity index (χ1) is 8.58. The van der Waals surface area contributed by atoms with Crippen molar-refractivity contribution in [2.24, 2.45) is 5.73 Å². The van der Waals surface area contributed by atoms with Gasteiger partial charge in [-0.15, -0.1) is 0 Å². The minimum atomic E-state index is -0.477. The molecule has 0 aliphatic rings. The fraction of sp³-hybridized carbons (Fsp3) is 0.417. The topological polar surface area (TPSA) is 105 Å². The molecule has 0 radical (unpaired) electrons. The lowest BCUT2D eigenvalue weighted by molar-refractivity contribution is 0.0923. The van der Waals surface area contributed by atoms with Crippen LogP contribution in [0.5, 0.6) is 11.5 Å². The Morgan fingerprint density at radius 2 is 2.22 bits per heavy atom. The third-order valence-corrected chi connectivity index (χ3v) is 2.51. The lowest BCUT2D eigenvalue weighted by Gasteiger charge is -2.16. The molecule has 18 heavy (non-hydrogen) atoms. The summed E-state index contributed by atoms with van der Waals surface area (Å²) in [5.74, 6) is -0.748. The maximum Gasteiger partial charge on any atom is 0.255 e. The van der Waals surface area contributed by atoms with Crippen LogP contribution < -0.4 is 11.1 Å². The van der Waals surface area contributed by atoms with E-state index >= 15 is 0 Å². The van der Waals surface area contributed by atoms with E-state index in [1.165, 1.54) is 18.2 Å². The van der Waals surface area contributed by atoms with Crippen molar-refractivity contribution in [1.82, 2.24) is 5.32 Å². The number of benzene rings is 1. The average molecular weight is 254 g/mol. The van der Waals surface area contributed by atoms with Gasteiger partial charge in [-0.3, -0.25) is 4.79 Å². The number of phenolic OH excluding ortho intramolecular Hbond substituents is 2. The van der Waals surface area contributed by atoms with Gasteiger partial charge in [0.2, 0.25) is 0 Å². The Morgan fingerprint density at radius 3 is 2.83 bits per heavy atom. The first-order valence-electron chi connectivity index (χ1n) is 5.60. The zero-order valence-electron chi connectivity index (χ0n) is 10.2. The molecule has 1 rings (SSSR count). The maximum absolute atomic E-state index is 11.9. The molecular weight excluding hydrogens is 236 g/mol. The van der Waals surface area contributed by atoms with E-state index in [4.69, 9.17) is 10.5 Å². The van der Waals surface area contributed by atoms with Crippen molar-refractivity contribution in [2.75, 3.05) is 20.3 Å². The minimum absolute atomic E-state index is 0.0193. The van der Waals surface area contributed by atoms with Crippen molar-refractivity contribution in [1.29, 1.82) is 0 Å². The van der Waals surface area contributed by atoms with Gasteiger partial charge in [0.05, 0.1) is 5.56 Å². The molecule has 6 nitrogen and oxygen atoms in total. The molecule has 0 saturated heterocycles. The van der Waals surface area contributed by atoms with Crippen LogP contribution in [-0.4, -0.2) is 42.4 Å². The summed E-state index contributed by atoms with van der Waals surface area (Å²) in [7, 11) is 1.57. The molecule has 0 aliphatic heterocycles. The number of amides is 1. The molecule has 1 aromatic rings. The number of carbonyl (C=O) groups is 1. The van der Waals surface area contributed by atoms with Crippen LogP contribution in [0.4, 0.5) is 0 Å². The van der Waals surface area contributed by atoms with Gasteiger partial charge in [0.15, 0.2) is 0 Å². The molecule has 0 fully saturated rings. The van der Waals surface area contributed by atoms with E-state index in [1.54, 1.807) is 7.11 Å². The van der Waals surface area contributed by atoms with Crippen LogP contribution in [0.2, 0.25) is 0 Å². The number of nitrogens with one attached hydrogen (secondary N) is 1. The normalized spacial score (nSPS) is 12.1. The highest BCUT2D eigenvalue weighted by Gasteiger charge is 2.15. The van der Waals surface area contributed by atoms with Gasteiger partial charge in [-0.25, -0.2) is 0 Å². The molecule has 0 heterocycles. The van der Waals surface area contributed by atoms with Gasteiger partial charge in [0, 0.05) is 26.3 Å². The highest BCUT2D eigenvalue weighted by Crippen LogP contribution is 2.21. The lowest BCUT2D eigenvalue weighted by Crippen LogP contribution is -2.40. The molecule has 6 heteroatoms. The Hall–Kier alpha value is -1.79. The summed E-state index contributed by atoms with van der Waals surface area (Å²) in [5, 5.41) is 21.5. The quantitative estimate of drug-likeness (QED) is 0.542. The summed E-state index contributed by atoms with van der Waals surface area (Å²) >= 11 is 0. The SMILES string of the molecule is COCCC(CN)NC(=O)c1cc(O)ccc1O. The predicted molar refractivity (Wildman–Crippen MR) is 66.6 cm³/mol. The lowest BCUT2D eigenvalue weighted by atomic mass is 10.1. The highest BCUT2D eigenvalue weighted by atomic mass is 16.5. The van der Waals surface area contributed by atoms with Crippen molar-refractivity contribution >= 4 is 5.91 Å². The van der Waals surface area contributed by atoms with Gasteiger partial charge in [0.1, 0.15) is 11.5 Å². The summed E-state index contributed by atoms with van der Waals surface area (Å²) in [6.45, 7) is 0.753. The Morgan fingerprint density at radius 1 is 1.50 bits per heavy atom. The number of methoxy groups -OCH3 is 1. The van der Waals surface area contributed by atoms with Crippen LogP contribution in [0.3, 0.4) is 0 Å². The average Bonchev–Trinajstić information content (AvgIpc) is 2.37. The summed E-state index contributed by atoms with van der Waals surface area (Å²) in [6, 6.07) is 3.53. The third kappa shape index (κ3) is 3.90. The number of ether oxygens (including phenoxy) is 1. The van der Waals surface area contributed by atoms with Gasteiger partial charge in [-0.1, -0.05) is 0 Å². The number of phenols is 2. The highest BCUT2D eigenvalue weighted by molar-refractivity contribution is 5.97. The van der Waals surface area contributed by atoms with Crippen LogP contribution in [-0.2, 0) is 4.74 Å². The fourth-order valence-electron chi connectivity index (χ4n) is 1.48. The smallest absolute Gasteiger partial charge is 0.255 e. The van der Waals surface area contributed by atoms with Gasteiger partial charge >= 0.3 is 0 Å². The summed E-state index contributed by atoms with van der Waals surface area (Å²) < 4.78 is 4.91. The fourth-order valence-corrected chi connectivity index (χ4v) is 1.48. The molecular formula is C12H18N2O4. The Bertz CT molecular complexity index is 409. The molecule has 1 amide bonds.